The molecule has 0 radical (unpaired) electrons. The largest absolute Gasteiger partial charge is 0.328 e. The molecule has 0 aromatic heterocycles. The lowest BCUT2D eigenvalue weighted by atomic mass is 10.2. The van der Waals surface area contributed by atoms with Crippen LogP contribution in [-0.4, -0.2) is 43.3 Å². The van der Waals surface area contributed by atoms with Crippen LogP contribution < -0.4 is 0 Å². The molecule has 1 atom stereocenters. The number of rotatable bonds is 1. The van der Waals surface area contributed by atoms with Gasteiger partial charge in [-0.05, 0) is 18.0 Å². The third-order valence-corrected chi connectivity index (χ3v) is 4.05. The molecule has 0 aliphatic carbocycles. The van der Waals surface area contributed by atoms with E-state index >= 15 is 0 Å². The van der Waals surface area contributed by atoms with Crippen LogP contribution in [0.15, 0.2) is 0 Å². The third-order valence-electron chi connectivity index (χ3n) is 2.03. The summed E-state index contributed by atoms with van der Waals surface area (Å²) in [6, 6.07) is -0.236. The van der Waals surface area contributed by atoms with E-state index in [2.05, 4.69) is 0 Å². The molecule has 0 aromatic carbocycles. The summed E-state index contributed by atoms with van der Waals surface area (Å²) in [5.41, 5.74) is 0. The summed E-state index contributed by atoms with van der Waals surface area (Å²) >= 11 is 5.19. The number of nitrogens with zero attached hydrogens (tertiary/aromatic N) is 1. The van der Waals surface area contributed by atoms with Crippen LogP contribution in [0.3, 0.4) is 0 Å². The first-order valence-electron chi connectivity index (χ1n) is 3.55. The molecule has 1 fully saturated rings. The van der Waals surface area contributed by atoms with Gasteiger partial charge in [0.25, 0.3) is 0 Å². The van der Waals surface area contributed by atoms with Gasteiger partial charge in [-0.2, -0.15) is 0 Å². The molecule has 1 aliphatic heterocycles. The van der Waals surface area contributed by atoms with Gasteiger partial charge in [0, 0.05) is 13.1 Å². The minimum atomic E-state index is -2.93. The highest BCUT2D eigenvalue weighted by Gasteiger charge is 2.32. The zero-order valence-corrected chi connectivity index (χ0v) is 8.23. The standard InChI is InChI=1S/C6H10ClNO3S/c1-8(6(7)9)5-2-3-12(10,11)4-5/h5H,2-4H2,1H3/t5-/m0/s1. The Morgan fingerprint density at radius 2 is 2.17 bits per heavy atom. The molecule has 4 nitrogen and oxygen atoms in total. The Morgan fingerprint density at radius 3 is 2.50 bits per heavy atom. The van der Waals surface area contributed by atoms with Gasteiger partial charge in [-0.3, -0.25) is 4.79 Å². The lowest BCUT2D eigenvalue weighted by molar-refractivity contribution is 0.219. The van der Waals surface area contributed by atoms with Crippen LogP contribution in [0.2, 0.25) is 0 Å². The normalized spacial score (nSPS) is 27.0. The van der Waals surface area contributed by atoms with Crippen molar-refractivity contribution in [2.45, 2.75) is 12.5 Å². The summed E-state index contributed by atoms with van der Waals surface area (Å²) in [5.74, 6) is 0.203. The van der Waals surface area contributed by atoms with E-state index in [9.17, 15) is 13.2 Å². The van der Waals surface area contributed by atoms with E-state index in [1.54, 1.807) is 0 Å². The summed E-state index contributed by atoms with van der Waals surface area (Å²) in [6.45, 7) is 0. The van der Waals surface area contributed by atoms with E-state index in [4.69, 9.17) is 11.6 Å². The molecule has 12 heavy (non-hydrogen) atoms. The Labute approximate surface area is 76.4 Å². The third kappa shape index (κ3) is 2.10. The van der Waals surface area contributed by atoms with Gasteiger partial charge in [-0.25, -0.2) is 8.42 Å². The lowest BCUT2D eigenvalue weighted by Crippen LogP contribution is -2.34. The maximum Gasteiger partial charge on any atom is 0.316 e. The quantitative estimate of drug-likeness (QED) is 0.468. The van der Waals surface area contributed by atoms with E-state index in [0.717, 1.165) is 0 Å². The van der Waals surface area contributed by atoms with Crippen LogP contribution in [0, 0.1) is 0 Å². The Morgan fingerprint density at radius 1 is 1.58 bits per heavy atom. The van der Waals surface area contributed by atoms with E-state index in [-0.39, 0.29) is 17.5 Å². The average molecular weight is 212 g/mol. The highest BCUT2D eigenvalue weighted by Crippen LogP contribution is 2.17. The maximum absolute atomic E-state index is 11.0. The van der Waals surface area contributed by atoms with Gasteiger partial charge in [0.15, 0.2) is 9.84 Å². The smallest absolute Gasteiger partial charge is 0.316 e. The molecule has 0 unspecified atom stereocenters. The van der Waals surface area contributed by atoms with Gasteiger partial charge in [-0.1, -0.05) is 0 Å². The highest BCUT2D eigenvalue weighted by atomic mass is 35.5. The first-order valence-corrected chi connectivity index (χ1v) is 5.75. The second kappa shape index (κ2) is 3.22. The van der Waals surface area contributed by atoms with Gasteiger partial charge in [0.2, 0.25) is 0 Å². The first kappa shape index (κ1) is 9.80. The number of amides is 1. The number of sulfone groups is 1. The van der Waals surface area contributed by atoms with Gasteiger partial charge >= 0.3 is 5.37 Å². The molecule has 0 bridgehead atoms. The summed E-state index contributed by atoms with van der Waals surface area (Å²) < 4.78 is 22.0. The SMILES string of the molecule is CN(C(=O)Cl)[C@H]1CCS(=O)(=O)C1. The number of carbonyl (C=O) groups is 1. The van der Waals surface area contributed by atoms with Crippen molar-refractivity contribution in [2.24, 2.45) is 0 Å². The highest BCUT2D eigenvalue weighted by molar-refractivity contribution is 7.91. The zero-order chi connectivity index (χ0) is 9.35. The Bertz CT molecular complexity index is 287. The molecule has 1 saturated heterocycles. The fourth-order valence-electron chi connectivity index (χ4n) is 1.22. The monoisotopic (exact) mass is 211 g/mol. The zero-order valence-electron chi connectivity index (χ0n) is 6.66. The van der Waals surface area contributed by atoms with Crippen molar-refractivity contribution in [1.29, 1.82) is 0 Å². The second-order valence-electron chi connectivity index (χ2n) is 2.92. The minimum absolute atomic E-state index is 0.0436. The molecular weight excluding hydrogens is 202 g/mol. The molecule has 1 aliphatic rings. The predicted molar refractivity (Wildman–Crippen MR) is 46.1 cm³/mol. The van der Waals surface area contributed by atoms with Crippen LogP contribution in [0.4, 0.5) is 4.79 Å². The Kier molecular flexibility index (Phi) is 2.63. The van der Waals surface area contributed by atoms with Crippen molar-refractivity contribution in [1.82, 2.24) is 4.90 Å². The summed E-state index contributed by atoms with van der Waals surface area (Å²) in [6.07, 6.45) is 0.497. The lowest BCUT2D eigenvalue weighted by Gasteiger charge is -2.19. The molecule has 0 N–H and O–H groups in total. The molecule has 0 saturated carbocycles. The summed E-state index contributed by atoms with van der Waals surface area (Å²) in [5, 5.41) is -0.600. The van der Waals surface area contributed by atoms with E-state index in [1.165, 1.54) is 11.9 Å². The minimum Gasteiger partial charge on any atom is -0.328 e. The van der Waals surface area contributed by atoms with Crippen molar-refractivity contribution in [3.05, 3.63) is 0 Å². The number of halogens is 1. The number of hydrogen-bond donors (Lipinski definition) is 0. The van der Waals surface area contributed by atoms with Crippen LogP contribution in [0.1, 0.15) is 6.42 Å². The summed E-state index contributed by atoms with van der Waals surface area (Å²) in [7, 11) is -1.41. The van der Waals surface area contributed by atoms with Crippen molar-refractivity contribution < 1.29 is 13.2 Å². The van der Waals surface area contributed by atoms with Gasteiger partial charge in [0.05, 0.1) is 11.5 Å². The molecule has 1 heterocycles. The average Bonchev–Trinajstić information content (AvgIpc) is 2.28. The maximum atomic E-state index is 11.0. The molecule has 1 rings (SSSR count). The molecule has 0 aromatic rings. The molecule has 6 heteroatoms. The Hall–Kier alpha value is -0.290. The Balaban J connectivity index is 2.64. The van der Waals surface area contributed by atoms with E-state index in [1.807, 2.05) is 0 Å². The molecule has 1 amide bonds. The first-order chi connectivity index (χ1) is 5.42. The van der Waals surface area contributed by atoms with Gasteiger partial charge < -0.3 is 4.90 Å². The fourth-order valence-corrected chi connectivity index (χ4v) is 3.14. The second-order valence-corrected chi connectivity index (χ2v) is 5.47. The topological polar surface area (TPSA) is 54.5 Å². The van der Waals surface area contributed by atoms with Crippen LogP contribution >= 0.6 is 11.6 Å². The van der Waals surface area contributed by atoms with Crippen molar-refractivity contribution in [3.8, 4) is 0 Å². The van der Waals surface area contributed by atoms with Gasteiger partial charge in [0.1, 0.15) is 0 Å². The molecule has 0 spiro atoms. The van der Waals surface area contributed by atoms with Crippen molar-refractivity contribution in [2.75, 3.05) is 18.6 Å². The van der Waals surface area contributed by atoms with Gasteiger partial charge in [-0.15, -0.1) is 0 Å². The number of hydrogen-bond acceptors (Lipinski definition) is 3. The fraction of sp³-hybridized carbons (Fsp3) is 0.833. The summed E-state index contributed by atoms with van der Waals surface area (Å²) in [4.78, 5) is 11.9. The predicted octanol–water partition coefficient (Wildman–Crippen LogP) is 0.464. The molecule has 70 valence electrons. The molecular formula is C6H10ClNO3S. The van der Waals surface area contributed by atoms with Crippen molar-refractivity contribution in [3.63, 3.8) is 0 Å². The van der Waals surface area contributed by atoms with Crippen LogP contribution in [0.25, 0.3) is 0 Å². The van der Waals surface area contributed by atoms with E-state index in [0.29, 0.717) is 6.42 Å². The van der Waals surface area contributed by atoms with Crippen LogP contribution in [0.5, 0.6) is 0 Å². The van der Waals surface area contributed by atoms with Crippen molar-refractivity contribution >= 4 is 26.8 Å². The van der Waals surface area contributed by atoms with E-state index < -0.39 is 15.2 Å². The number of carbonyl (C=O) groups excluding carboxylic acids is 1. The van der Waals surface area contributed by atoms with Crippen LogP contribution in [-0.2, 0) is 9.84 Å².